The van der Waals surface area contributed by atoms with E-state index < -0.39 is 6.10 Å². The molecule has 0 aliphatic carbocycles. The molecule has 0 amide bonds. The average Bonchev–Trinajstić information content (AvgIpc) is 2.41. The Morgan fingerprint density at radius 2 is 1.70 bits per heavy atom. The number of ether oxygens (including phenoxy) is 2. The number of aliphatic hydroxyl groups is 1. The van der Waals surface area contributed by atoms with Crippen LogP contribution in [-0.2, 0) is 9.47 Å². The Labute approximate surface area is 125 Å². The third-order valence-electron chi connectivity index (χ3n) is 3.20. The summed E-state index contributed by atoms with van der Waals surface area (Å²) in [5.41, 5.74) is 0. The largest absolute Gasteiger partial charge is 0.389 e. The van der Waals surface area contributed by atoms with Crippen LogP contribution in [0.1, 0.15) is 53.4 Å². The van der Waals surface area contributed by atoms with Crippen LogP contribution in [0.4, 0.5) is 0 Å². The van der Waals surface area contributed by atoms with Gasteiger partial charge in [0.15, 0.2) is 0 Å². The third kappa shape index (κ3) is 14.3. The third-order valence-corrected chi connectivity index (χ3v) is 3.20. The molecular weight excluding hydrogens is 254 g/mol. The van der Waals surface area contributed by atoms with Gasteiger partial charge in [0.25, 0.3) is 0 Å². The van der Waals surface area contributed by atoms with Gasteiger partial charge in [0.1, 0.15) is 0 Å². The fourth-order valence-electron chi connectivity index (χ4n) is 1.77. The number of aliphatic hydroxyl groups excluding tert-OH is 1. The minimum Gasteiger partial charge on any atom is -0.389 e. The molecule has 0 rings (SSSR count). The minimum absolute atomic E-state index is 0.376. The number of nitrogens with one attached hydrogen (secondary N) is 1. The van der Waals surface area contributed by atoms with Gasteiger partial charge in [0, 0.05) is 19.2 Å². The van der Waals surface area contributed by atoms with Gasteiger partial charge >= 0.3 is 0 Å². The van der Waals surface area contributed by atoms with Crippen LogP contribution in [0.15, 0.2) is 0 Å². The zero-order valence-corrected chi connectivity index (χ0v) is 13.9. The number of hydrogen-bond donors (Lipinski definition) is 2. The second kappa shape index (κ2) is 13.8. The Balaban J connectivity index is 3.33. The molecule has 2 unspecified atom stereocenters. The van der Waals surface area contributed by atoms with Crippen molar-refractivity contribution in [1.29, 1.82) is 0 Å². The topological polar surface area (TPSA) is 50.7 Å². The summed E-state index contributed by atoms with van der Waals surface area (Å²) >= 11 is 0. The molecule has 0 aromatic rings. The smallest absolute Gasteiger partial charge is 0.0897 e. The molecule has 4 heteroatoms. The van der Waals surface area contributed by atoms with Crippen molar-refractivity contribution >= 4 is 0 Å². The van der Waals surface area contributed by atoms with Crippen LogP contribution in [0.5, 0.6) is 0 Å². The summed E-state index contributed by atoms with van der Waals surface area (Å²) in [4.78, 5) is 0. The minimum atomic E-state index is -0.438. The molecule has 0 saturated heterocycles. The molecule has 0 aliphatic rings. The highest BCUT2D eigenvalue weighted by Gasteiger charge is 2.08. The lowest BCUT2D eigenvalue weighted by molar-refractivity contribution is 0.00324. The van der Waals surface area contributed by atoms with Crippen LogP contribution in [0.3, 0.4) is 0 Å². The van der Waals surface area contributed by atoms with Gasteiger partial charge in [-0.25, -0.2) is 0 Å². The maximum atomic E-state index is 9.79. The normalized spacial score (nSPS) is 14.7. The van der Waals surface area contributed by atoms with E-state index in [4.69, 9.17) is 9.47 Å². The van der Waals surface area contributed by atoms with E-state index in [1.807, 2.05) is 0 Å². The first-order chi connectivity index (χ1) is 9.56. The van der Waals surface area contributed by atoms with Crippen molar-refractivity contribution in [2.75, 3.05) is 33.0 Å². The summed E-state index contributed by atoms with van der Waals surface area (Å²) in [6.07, 6.45) is 4.18. The Hall–Kier alpha value is -0.160. The molecular formula is C16H35NO3. The molecule has 2 atom stereocenters. The molecule has 4 nitrogen and oxygen atoms in total. The number of rotatable bonds is 14. The van der Waals surface area contributed by atoms with Crippen molar-refractivity contribution in [3.63, 3.8) is 0 Å². The zero-order valence-electron chi connectivity index (χ0n) is 13.9. The summed E-state index contributed by atoms with van der Waals surface area (Å²) in [7, 11) is 0. The highest BCUT2D eigenvalue weighted by molar-refractivity contribution is 4.65. The molecule has 0 aromatic heterocycles. The van der Waals surface area contributed by atoms with Crippen molar-refractivity contribution in [3.05, 3.63) is 0 Å². The predicted molar refractivity (Wildman–Crippen MR) is 84.1 cm³/mol. The van der Waals surface area contributed by atoms with Crippen molar-refractivity contribution in [1.82, 2.24) is 5.32 Å². The van der Waals surface area contributed by atoms with Gasteiger partial charge in [-0.2, -0.15) is 0 Å². The maximum Gasteiger partial charge on any atom is 0.0897 e. The van der Waals surface area contributed by atoms with Crippen LogP contribution >= 0.6 is 0 Å². The van der Waals surface area contributed by atoms with Gasteiger partial charge in [-0.05, 0) is 32.1 Å². The fourth-order valence-corrected chi connectivity index (χ4v) is 1.77. The quantitative estimate of drug-likeness (QED) is 0.483. The van der Waals surface area contributed by atoms with E-state index >= 15 is 0 Å². The van der Waals surface area contributed by atoms with Gasteiger partial charge in [-0.3, -0.25) is 0 Å². The van der Waals surface area contributed by atoms with E-state index in [0.717, 1.165) is 31.8 Å². The summed E-state index contributed by atoms with van der Waals surface area (Å²) < 4.78 is 10.8. The second-order valence-electron chi connectivity index (χ2n) is 5.98. The monoisotopic (exact) mass is 289 g/mol. The van der Waals surface area contributed by atoms with Crippen molar-refractivity contribution < 1.29 is 14.6 Å². The summed E-state index contributed by atoms with van der Waals surface area (Å²) in [5.74, 6) is 0.736. The highest BCUT2D eigenvalue weighted by atomic mass is 16.5. The van der Waals surface area contributed by atoms with Crippen LogP contribution < -0.4 is 5.32 Å². The Morgan fingerprint density at radius 3 is 2.35 bits per heavy atom. The van der Waals surface area contributed by atoms with E-state index in [-0.39, 0.29) is 0 Å². The average molecular weight is 289 g/mol. The fraction of sp³-hybridized carbons (Fsp3) is 1.00. The van der Waals surface area contributed by atoms with Gasteiger partial charge < -0.3 is 19.9 Å². The first kappa shape index (κ1) is 19.8. The predicted octanol–water partition coefficient (Wildman–Crippen LogP) is 2.59. The number of hydrogen-bond acceptors (Lipinski definition) is 4. The van der Waals surface area contributed by atoms with E-state index in [0.29, 0.717) is 32.4 Å². The molecule has 0 aliphatic heterocycles. The van der Waals surface area contributed by atoms with Crippen molar-refractivity contribution in [3.8, 4) is 0 Å². The molecule has 0 spiro atoms. The molecule has 0 bridgehead atoms. The van der Waals surface area contributed by atoms with Crippen LogP contribution in [0, 0.1) is 5.92 Å². The molecule has 0 fully saturated rings. The van der Waals surface area contributed by atoms with Crippen molar-refractivity contribution in [2.45, 2.75) is 65.5 Å². The Kier molecular flexibility index (Phi) is 13.7. The van der Waals surface area contributed by atoms with Crippen LogP contribution in [0.2, 0.25) is 0 Å². The summed E-state index contributed by atoms with van der Waals surface area (Å²) in [6, 6.07) is 0.449. The van der Waals surface area contributed by atoms with E-state index in [1.54, 1.807) is 0 Å². The van der Waals surface area contributed by atoms with Crippen molar-refractivity contribution in [2.24, 2.45) is 5.92 Å². The Bertz CT molecular complexity index is 200. The Morgan fingerprint density at radius 1 is 1.00 bits per heavy atom. The molecule has 0 aromatic carbocycles. The van der Waals surface area contributed by atoms with Gasteiger partial charge in [-0.1, -0.05) is 27.2 Å². The molecule has 0 heterocycles. The van der Waals surface area contributed by atoms with Gasteiger partial charge in [0.2, 0.25) is 0 Å². The van der Waals surface area contributed by atoms with E-state index in [1.165, 1.54) is 6.42 Å². The van der Waals surface area contributed by atoms with Crippen LogP contribution in [0.25, 0.3) is 0 Å². The molecule has 0 saturated carbocycles. The van der Waals surface area contributed by atoms with Crippen LogP contribution in [-0.4, -0.2) is 50.2 Å². The summed E-state index contributed by atoms with van der Waals surface area (Å²) in [5, 5.41) is 13.1. The maximum absolute atomic E-state index is 9.79. The lowest BCUT2D eigenvalue weighted by Crippen LogP contribution is -2.36. The van der Waals surface area contributed by atoms with E-state index in [9.17, 15) is 5.11 Å². The highest BCUT2D eigenvalue weighted by Crippen LogP contribution is 2.06. The first-order valence-electron chi connectivity index (χ1n) is 8.13. The lowest BCUT2D eigenvalue weighted by atomic mass is 10.0. The molecule has 2 N–H and O–H groups in total. The van der Waals surface area contributed by atoms with Gasteiger partial charge in [0.05, 0.1) is 25.9 Å². The number of unbranched alkanes of at least 4 members (excludes halogenated alkanes) is 1. The molecule has 20 heavy (non-hydrogen) atoms. The molecule has 122 valence electrons. The zero-order chi connectivity index (χ0) is 15.2. The second-order valence-corrected chi connectivity index (χ2v) is 5.98. The SMILES string of the molecule is CCCCOCCOCC(O)CNC(C)CCC(C)C. The standard InChI is InChI=1S/C16H35NO3/c1-5-6-9-19-10-11-20-13-16(18)12-17-15(4)8-7-14(2)3/h14-18H,5-13H2,1-4H3. The van der Waals surface area contributed by atoms with E-state index in [2.05, 4.69) is 33.0 Å². The first-order valence-corrected chi connectivity index (χ1v) is 8.13. The molecule has 0 radical (unpaired) electrons. The summed E-state index contributed by atoms with van der Waals surface area (Å²) in [6.45, 7) is 11.7. The van der Waals surface area contributed by atoms with Gasteiger partial charge in [-0.15, -0.1) is 0 Å². The lowest BCUT2D eigenvalue weighted by Gasteiger charge is -2.18.